The van der Waals surface area contributed by atoms with Crippen LogP contribution < -0.4 is 29.5 Å². The first-order valence-corrected chi connectivity index (χ1v) is 12.4. The van der Waals surface area contributed by atoms with Crippen LogP contribution >= 0.6 is 0 Å². The molecule has 0 fully saturated rings. The van der Waals surface area contributed by atoms with Crippen LogP contribution in [-0.4, -0.2) is 31.6 Å². The molecule has 0 radical (unpaired) electrons. The molecule has 0 aromatic heterocycles. The summed E-state index contributed by atoms with van der Waals surface area (Å²) in [5, 5.41) is 7.14. The zero-order chi connectivity index (χ0) is 26.3. The number of nitrogens with one attached hydrogen (secondary N) is 1. The van der Waals surface area contributed by atoms with Gasteiger partial charge in [-0.2, -0.15) is 0 Å². The molecule has 0 unspecified atom stereocenters. The fourth-order valence-corrected chi connectivity index (χ4v) is 4.98. The summed E-state index contributed by atoms with van der Waals surface area (Å²) in [6.07, 6.45) is 1.07. The molecule has 3 aromatic rings. The van der Waals surface area contributed by atoms with E-state index in [1.54, 1.807) is 31.4 Å². The van der Waals surface area contributed by atoms with Crippen molar-refractivity contribution >= 4 is 28.9 Å². The molecule has 1 N–H and O–H groups in total. The van der Waals surface area contributed by atoms with E-state index in [1.165, 1.54) is 0 Å². The summed E-state index contributed by atoms with van der Waals surface area (Å²) < 4.78 is 16.8. The maximum absolute atomic E-state index is 13.7. The van der Waals surface area contributed by atoms with E-state index in [1.807, 2.05) is 68.2 Å². The van der Waals surface area contributed by atoms with Crippen molar-refractivity contribution < 1.29 is 23.8 Å². The van der Waals surface area contributed by atoms with Crippen molar-refractivity contribution in [1.29, 1.82) is 0 Å². The highest BCUT2D eigenvalue weighted by molar-refractivity contribution is 6.12. The van der Waals surface area contributed by atoms with Crippen LogP contribution in [0, 0.1) is 0 Å². The third kappa shape index (κ3) is 4.12. The molecule has 8 heteroatoms. The largest absolute Gasteiger partial charge is 0.496 e. The number of anilines is 3. The van der Waals surface area contributed by atoms with E-state index >= 15 is 0 Å². The Bertz CT molecular complexity index is 1380. The van der Waals surface area contributed by atoms with Crippen LogP contribution in [0.25, 0.3) is 11.1 Å². The van der Waals surface area contributed by atoms with Crippen molar-refractivity contribution in [2.75, 3.05) is 29.6 Å². The second-order valence-electron chi connectivity index (χ2n) is 9.67. The number of rotatable bonds is 7. The maximum Gasteiger partial charge on any atom is 0.311 e. The third-order valence-corrected chi connectivity index (χ3v) is 6.73. The van der Waals surface area contributed by atoms with Gasteiger partial charge in [0.25, 0.3) is 5.91 Å². The van der Waals surface area contributed by atoms with Crippen molar-refractivity contribution in [3.8, 4) is 28.4 Å². The maximum atomic E-state index is 13.7. The number of methoxy groups -OCH3 is 2. The molecule has 0 saturated heterocycles. The van der Waals surface area contributed by atoms with Gasteiger partial charge in [0, 0.05) is 23.6 Å². The average Bonchev–Trinajstić information content (AvgIpc) is 3.29. The number of carbonyl (C=O) groups is 2. The number of hydrogen-bond acceptors (Lipinski definition) is 7. The number of esters is 1. The molecule has 0 aliphatic carbocycles. The lowest BCUT2D eigenvalue weighted by atomic mass is 9.93. The lowest BCUT2D eigenvalue weighted by molar-refractivity contribution is -0.134. The summed E-state index contributed by atoms with van der Waals surface area (Å²) in [5.74, 6) is 1.35. The van der Waals surface area contributed by atoms with Crippen LogP contribution in [0.3, 0.4) is 0 Å². The van der Waals surface area contributed by atoms with E-state index in [0.717, 1.165) is 40.2 Å². The summed E-state index contributed by atoms with van der Waals surface area (Å²) >= 11 is 0. The topological polar surface area (TPSA) is 80.3 Å². The van der Waals surface area contributed by atoms with Gasteiger partial charge in [0.05, 0.1) is 32.1 Å². The first kappa shape index (κ1) is 24.5. The van der Waals surface area contributed by atoms with Crippen LogP contribution in [0.15, 0.2) is 54.6 Å². The summed E-state index contributed by atoms with van der Waals surface area (Å²) in [6, 6.07) is 17.1. The number of hydrazine groups is 1. The van der Waals surface area contributed by atoms with Gasteiger partial charge >= 0.3 is 5.97 Å². The van der Waals surface area contributed by atoms with Gasteiger partial charge in [-0.1, -0.05) is 25.1 Å². The number of amides is 1. The number of hydrogen-bond donors (Lipinski definition) is 1. The highest BCUT2D eigenvalue weighted by Crippen LogP contribution is 2.51. The summed E-state index contributed by atoms with van der Waals surface area (Å²) in [4.78, 5) is 25.8. The number of para-hydroxylation sites is 2. The summed E-state index contributed by atoms with van der Waals surface area (Å²) in [7, 11) is 3.22. The monoisotopic (exact) mass is 501 g/mol. The molecule has 0 atom stereocenters. The van der Waals surface area contributed by atoms with Crippen LogP contribution in [0.4, 0.5) is 17.1 Å². The Kier molecular flexibility index (Phi) is 6.19. The lowest BCUT2D eigenvalue weighted by Gasteiger charge is -2.41. The van der Waals surface area contributed by atoms with E-state index < -0.39 is 5.54 Å². The van der Waals surface area contributed by atoms with Gasteiger partial charge in [-0.15, -0.1) is 0 Å². The van der Waals surface area contributed by atoms with E-state index in [2.05, 4.69) is 5.32 Å². The minimum Gasteiger partial charge on any atom is -0.496 e. The SMILES string of the molecule is CCCC(=O)Oc1ccc(-c2ccc3c4c2CN(c2ccccc2OC)N4C(=O)C(C)(C)N3)c(OC)c1. The number of ether oxygens (including phenoxy) is 3. The summed E-state index contributed by atoms with van der Waals surface area (Å²) in [5.41, 5.74) is 4.45. The predicted molar refractivity (Wildman–Crippen MR) is 143 cm³/mol. The van der Waals surface area contributed by atoms with Gasteiger partial charge in [0.15, 0.2) is 0 Å². The second-order valence-corrected chi connectivity index (χ2v) is 9.67. The van der Waals surface area contributed by atoms with E-state index in [0.29, 0.717) is 30.2 Å². The molecule has 2 aliphatic rings. The van der Waals surface area contributed by atoms with Gasteiger partial charge in [0.1, 0.15) is 28.5 Å². The highest BCUT2D eigenvalue weighted by atomic mass is 16.5. The predicted octanol–water partition coefficient (Wildman–Crippen LogP) is 5.55. The van der Waals surface area contributed by atoms with E-state index in [-0.39, 0.29) is 11.9 Å². The number of benzene rings is 3. The molecular formula is C29H31N3O5. The van der Waals surface area contributed by atoms with Gasteiger partial charge in [-0.25, -0.2) is 5.01 Å². The molecule has 0 bridgehead atoms. The van der Waals surface area contributed by atoms with Crippen LogP contribution in [0.5, 0.6) is 17.2 Å². The zero-order valence-electron chi connectivity index (χ0n) is 21.8. The van der Waals surface area contributed by atoms with Gasteiger partial charge < -0.3 is 19.5 Å². The minimum absolute atomic E-state index is 0.0630. The van der Waals surface area contributed by atoms with E-state index in [4.69, 9.17) is 14.2 Å². The smallest absolute Gasteiger partial charge is 0.311 e. The Morgan fingerprint density at radius 3 is 2.46 bits per heavy atom. The van der Waals surface area contributed by atoms with Gasteiger partial charge in [0.2, 0.25) is 0 Å². The Morgan fingerprint density at radius 2 is 1.73 bits per heavy atom. The normalized spacial score (nSPS) is 15.2. The molecule has 0 spiro atoms. The Morgan fingerprint density at radius 1 is 1.00 bits per heavy atom. The molecule has 2 heterocycles. The molecule has 37 heavy (non-hydrogen) atoms. The first-order chi connectivity index (χ1) is 17.8. The van der Waals surface area contributed by atoms with Crippen LogP contribution in [0.2, 0.25) is 0 Å². The lowest BCUT2D eigenvalue weighted by Crippen LogP contribution is -2.57. The number of nitrogens with zero attached hydrogens (tertiary/aromatic N) is 2. The zero-order valence-corrected chi connectivity index (χ0v) is 21.8. The average molecular weight is 502 g/mol. The minimum atomic E-state index is -0.794. The first-order valence-electron chi connectivity index (χ1n) is 12.4. The molecular weight excluding hydrogens is 470 g/mol. The van der Waals surface area contributed by atoms with Gasteiger partial charge in [-0.3, -0.25) is 14.6 Å². The summed E-state index contributed by atoms with van der Waals surface area (Å²) in [6.45, 7) is 6.15. The Labute approximate surface area is 216 Å². The van der Waals surface area contributed by atoms with Crippen molar-refractivity contribution in [3.05, 3.63) is 60.2 Å². The highest BCUT2D eigenvalue weighted by Gasteiger charge is 2.47. The van der Waals surface area contributed by atoms with Crippen molar-refractivity contribution in [2.24, 2.45) is 0 Å². The Balaban J connectivity index is 1.64. The molecule has 5 rings (SSSR count). The van der Waals surface area contributed by atoms with Crippen molar-refractivity contribution in [3.63, 3.8) is 0 Å². The fourth-order valence-electron chi connectivity index (χ4n) is 4.98. The molecule has 192 valence electrons. The Hall–Kier alpha value is -4.20. The van der Waals surface area contributed by atoms with Crippen molar-refractivity contribution in [2.45, 2.75) is 45.7 Å². The molecule has 2 aliphatic heterocycles. The number of carbonyl (C=O) groups excluding carboxylic acids is 2. The van der Waals surface area contributed by atoms with E-state index in [9.17, 15) is 9.59 Å². The fraction of sp³-hybridized carbons (Fsp3) is 0.310. The second kappa shape index (κ2) is 9.35. The quantitative estimate of drug-likeness (QED) is 0.336. The molecule has 8 nitrogen and oxygen atoms in total. The molecule has 0 saturated carbocycles. The van der Waals surface area contributed by atoms with Gasteiger partial charge in [-0.05, 0) is 56.2 Å². The molecule has 3 aromatic carbocycles. The van der Waals surface area contributed by atoms with Crippen LogP contribution in [0.1, 0.15) is 39.2 Å². The standard InChI is InChI=1S/C29H31N3O5/c1-6-9-26(33)37-18-12-13-20(25(16-18)36-5)19-14-15-22-27-21(19)17-31(23-10-7-8-11-24(23)35-4)32(27)28(34)29(2,3)30-22/h7-8,10-16,30H,6,9,17H2,1-5H3. The van der Waals surface area contributed by atoms with Crippen molar-refractivity contribution in [1.82, 2.24) is 0 Å². The van der Waals surface area contributed by atoms with Crippen LogP contribution in [-0.2, 0) is 16.1 Å². The third-order valence-electron chi connectivity index (χ3n) is 6.73. The molecule has 1 amide bonds.